The topological polar surface area (TPSA) is 26.0 Å². The van der Waals surface area contributed by atoms with E-state index in [-0.39, 0.29) is 3.74 Å². The van der Waals surface area contributed by atoms with Gasteiger partial charge in [0.2, 0.25) is 0 Å². The van der Waals surface area contributed by atoms with Crippen molar-refractivity contribution in [1.82, 2.24) is 4.98 Å². The summed E-state index contributed by atoms with van der Waals surface area (Å²) in [7, 11) is 0. The zero-order valence-corrected chi connectivity index (χ0v) is 7.72. The third kappa shape index (κ3) is 2.49. The van der Waals surface area contributed by atoms with Crippen molar-refractivity contribution >= 4 is 31.9 Å². The normalized spacial score (nSPS) is 10.6. The second-order valence-electron chi connectivity index (χ2n) is 1.52. The van der Waals surface area contributed by atoms with E-state index < -0.39 is 0 Å². The molecule has 0 aliphatic carbocycles. The molecule has 0 saturated carbocycles. The Balaban J connectivity index is 2.48. The molecule has 1 aromatic heterocycles. The Kier molecular flexibility index (Phi) is 2.72. The first-order valence-electron chi connectivity index (χ1n) is 2.45. The summed E-state index contributed by atoms with van der Waals surface area (Å²) in [4.78, 5) is 3.93. The Hall–Kier alpha value is 0.170. The van der Waals surface area contributed by atoms with Crippen LogP contribution in [-0.4, -0.2) is 8.72 Å². The average molecular weight is 255 g/mol. The monoisotopic (exact) mass is 253 g/mol. The van der Waals surface area contributed by atoms with Crippen LogP contribution < -0.4 is 0 Å². The smallest absolute Gasteiger partial charge is 0.195 e. The van der Waals surface area contributed by atoms with Crippen LogP contribution in [0.15, 0.2) is 16.9 Å². The van der Waals surface area contributed by atoms with E-state index in [2.05, 4.69) is 36.8 Å². The maximum absolute atomic E-state index is 4.97. The van der Waals surface area contributed by atoms with Crippen molar-refractivity contribution in [2.24, 2.45) is 0 Å². The van der Waals surface area contributed by atoms with Gasteiger partial charge in [-0.3, -0.25) is 0 Å². The zero-order valence-electron chi connectivity index (χ0n) is 4.55. The van der Waals surface area contributed by atoms with Crippen LogP contribution in [0.2, 0.25) is 0 Å². The minimum Gasteiger partial charge on any atom is -0.449 e. The molecule has 0 N–H and O–H groups in total. The average Bonchev–Trinajstić information content (AvgIpc) is 2.15. The van der Waals surface area contributed by atoms with Crippen molar-refractivity contribution in [1.29, 1.82) is 0 Å². The lowest BCUT2D eigenvalue weighted by Gasteiger charge is -1.92. The van der Waals surface area contributed by atoms with Gasteiger partial charge >= 0.3 is 0 Å². The van der Waals surface area contributed by atoms with Crippen molar-refractivity contribution < 1.29 is 4.42 Å². The second-order valence-corrected chi connectivity index (χ2v) is 4.96. The molecule has 0 aliphatic rings. The molecule has 0 atom stereocenters. The molecule has 50 valence electrons. The van der Waals surface area contributed by atoms with Crippen molar-refractivity contribution in [2.75, 3.05) is 0 Å². The lowest BCUT2D eigenvalue weighted by Crippen LogP contribution is -1.91. The first-order chi connectivity index (χ1) is 4.29. The maximum Gasteiger partial charge on any atom is 0.195 e. The number of nitrogens with zero attached hydrogens (tertiary/aromatic N) is 1. The van der Waals surface area contributed by atoms with E-state index >= 15 is 0 Å². The van der Waals surface area contributed by atoms with Crippen LogP contribution in [0.3, 0.4) is 0 Å². The summed E-state index contributed by atoms with van der Waals surface area (Å²) in [6.45, 7) is 0. The minimum absolute atomic E-state index is 0.253. The van der Waals surface area contributed by atoms with Crippen LogP contribution >= 0.6 is 31.9 Å². The molecule has 1 rings (SSSR count). The quantitative estimate of drug-likeness (QED) is 0.758. The number of hydrogen-bond acceptors (Lipinski definition) is 2. The molecule has 0 radical (unpaired) electrons. The van der Waals surface area contributed by atoms with Crippen molar-refractivity contribution in [3.8, 4) is 0 Å². The molecule has 1 aromatic rings. The van der Waals surface area contributed by atoms with Crippen LogP contribution in [0, 0.1) is 0 Å². The Labute approximate surface area is 69.9 Å². The molecule has 0 bridgehead atoms. The first-order valence-corrected chi connectivity index (χ1v) is 4.28. The molecular weight excluding hydrogens is 250 g/mol. The predicted octanol–water partition coefficient (Wildman–Crippen LogP) is 2.33. The summed E-state index contributed by atoms with van der Waals surface area (Å²) in [6, 6.07) is 0. The van der Waals surface area contributed by atoms with Gasteiger partial charge in [-0.15, -0.1) is 0 Å². The maximum atomic E-state index is 4.97. The Morgan fingerprint density at radius 3 is 2.89 bits per heavy atom. The summed E-state index contributed by atoms with van der Waals surface area (Å²) < 4.78 is 5.23. The van der Waals surface area contributed by atoms with Gasteiger partial charge in [0.05, 0.1) is 9.93 Å². The fourth-order valence-corrected chi connectivity index (χ4v) is 1.04. The summed E-state index contributed by atoms with van der Waals surface area (Å²) in [6.07, 6.45) is 3.97. The third-order valence-corrected chi connectivity index (χ3v) is 1.46. The van der Waals surface area contributed by atoms with E-state index in [1.165, 1.54) is 0 Å². The third-order valence-electron chi connectivity index (χ3n) is 0.812. The number of oxazole rings is 1. The standard InChI is InChI=1S/C5H5Br2NO/c6-4(7)3-5-8-1-2-9-5/h1-2,4H,3H2. The van der Waals surface area contributed by atoms with Gasteiger partial charge in [-0.05, 0) is 0 Å². The molecule has 0 amide bonds. The van der Waals surface area contributed by atoms with E-state index in [1.807, 2.05) is 0 Å². The van der Waals surface area contributed by atoms with Gasteiger partial charge in [0.25, 0.3) is 0 Å². The van der Waals surface area contributed by atoms with E-state index in [4.69, 9.17) is 4.42 Å². The predicted molar refractivity (Wildman–Crippen MR) is 41.8 cm³/mol. The van der Waals surface area contributed by atoms with Crippen molar-refractivity contribution in [3.05, 3.63) is 18.4 Å². The SMILES string of the molecule is BrC(Br)Cc1ncco1. The lowest BCUT2D eigenvalue weighted by atomic mass is 10.5. The van der Waals surface area contributed by atoms with Crippen LogP contribution in [0.5, 0.6) is 0 Å². The number of hydrogen-bond donors (Lipinski definition) is 0. The molecule has 0 saturated heterocycles. The molecule has 0 aromatic carbocycles. The van der Waals surface area contributed by atoms with E-state index in [0.29, 0.717) is 0 Å². The van der Waals surface area contributed by atoms with Gasteiger partial charge in [0.1, 0.15) is 6.26 Å². The number of alkyl halides is 2. The zero-order chi connectivity index (χ0) is 6.69. The first kappa shape index (κ1) is 7.28. The molecule has 0 fully saturated rings. The van der Waals surface area contributed by atoms with E-state index in [0.717, 1.165) is 12.3 Å². The van der Waals surface area contributed by atoms with Crippen LogP contribution in [0.4, 0.5) is 0 Å². The van der Waals surface area contributed by atoms with Crippen molar-refractivity contribution in [3.63, 3.8) is 0 Å². The van der Waals surface area contributed by atoms with E-state index in [9.17, 15) is 0 Å². The van der Waals surface area contributed by atoms with Crippen LogP contribution in [0.25, 0.3) is 0 Å². The highest BCUT2D eigenvalue weighted by atomic mass is 79.9. The van der Waals surface area contributed by atoms with Crippen molar-refractivity contribution in [2.45, 2.75) is 10.2 Å². The summed E-state index contributed by atoms with van der Waals surface area (Å²) in [5, 5.41) is 0. The number of rotatable bonds is 2. The Bertz CT molecular complexity index is 161. The van der Waals surface area contributed by atoms with Crippen LogP contribution in [-0.2, 0) is 6.42 Å². The van der Waals surface area contributed by atoms with Gasteiger partial charge in [-0.1, -0.05) is 31.9 Å². The highest BCUT2D eigenvalue weighted by Gasteiger charge is 2.02. The molecule has 0 spiro atoms. The van der Waals surface area contributed by atoms with Gasteiger partial charge in [-0.25, -0.2) is 4.98 Å². The highest BCUT2D eigenvalue weighted by Crippen LogP contribution is 2.13. The minimum atomic E-state index is 0.253. The molecule has 0 aliphatic heterocycles. The van der Waals surface area contributed by atoms with Gasteiger partial charge < -0.3 is 4.42 Å². The highest BCUT2D eigenvalue weighted by molar-refractivity contribution is 9.24. The fourth-order valence-electron chi connectivity index (χ4n) is 0.486. The fraction of sp³-hybridized carbons (Fsp3) is 0.400. The molecule has 0 unspecified atom stereocenters. The summed E-state index contributed by atoms with van der Waals surface area (Å²) in [5.41, 5.74) is 0. The second kappa shape index (κ2) is 3.37. The number of halogens is 2. The van der Waals surface area contributed by atoms with Gasteiger partial charge in [-0.2, -0.15) is 0 Å². The summed E-state index contributed by atoms with van der Waals surface area (Å²) >= 11 is 6.62. The number of aromatic nitrogens is 1. The Morgan fingerprint density at radius 1 is 1.67 bits per heavy atom. The lowest BCUT2D eigenvalue weighted by molar-refractivity contribution is 0.501. The summed E-state index contributed by atoms with van der Waals surface area (Å²) in [5.74, 6) is 0.744. The largest absolute Gasteiger partial charge is 0.449 e. The molecule has 4 heteroatoms. The van der Waals surface area contributed by atoms with E-state index in [1.54, 1.807) is 12.5 Å². The molecule has 9 heavy (non-hydrogen) atoms. The van der Waals surface area contributed by atoms with Crippen LogP contribution in [0.1, 0.15) is 5.89 Å². The molecule has 2 nitrogen and oxygen atoms in total. The molecule has 1 heterocycles. The van der Waals surface area contributed by atoms with Gasteiger partial charge in [0.15, 0.2) is 5.89 Å². The van der Waals surface area contributed by atoms with Gasteiger partial charge in [0, 0.05) is 6.42 Å². The molecular formula is C5H5Br2NO. The Morgan fingerprint density at radius 2 is 2.44 bits per heavy atom.